The average Bonchev–Trinajstić information content (AvgIpc) is 3.48. The summed E-state index contributed by atoms with van der Waals surface area (Å²) in [7, 11) is 4.31. The van der Waals surface area contributed by atoms with Crippen LogP contribution >= 0.6 is 0 Å². The van der Waals surface area contributed by atoms with Crippen LogP contribution in [0.5, 0.6) is 5.75 Å². The summed E-state index contributed by atoms with van der Waals surface area (Å²) in [5.41, 5.74) is 0.907. The summed E-state index contributed by atoms with van der Waals surface area (Å²) in [5, 5.41) is 11.9. The maximum Gasteiger partial charge on any atom is 0.231 e. The zero-order valence-electron chi connectivity index (χ0n) is 19.8. The van der Waals surface area contributed by atoms with Crippen molar-refractivity contribution >= 4 is 0 Å². The Hall–Kier alpha value is -2.34. The van der Waals surface area contributed by atoms with Crippen LogP contribution in [-0.4, -0.2) is 41.8 Å². The maximum atomic E-state index is 11.9. The van der Waals surface area contributed by atoms with Gasteiger partial charge < -0.3 is 31.2 Å². The Labute approximate surface area is 203 Å². The minimum Gasteiger partial charge on any atom is -1.00 e. The molecule has 5 nitrogen and oxygen atoms in total. The number of aliphatic hydroxyl groups is 1. The van der Waals surface area contributed by atoms with Gasteiger partial charge in [0.15, 0.2) is 11.4 Å². The minimum atomic E-state index is -1.18. The highest BCUT2D eigenvalue weighted by molar-refractivity contribution is 5.30. The monoisotopic (exact) mass is 470 g/mol. The quantitative estimate of drug-likeness (QED) is 0.486. The Morgan fingerprint density at radius 3 is 2.39 bits per heavy atom. The van der Waals surface area contributed by atoms with Crippen LogP contribution in [0.3, 0.4) is 0 Å². The van der Waals surface area contributed by atoms with E-state index in [1.54, 1.807) is 6.20 Å². The predicted molar refractivity (Wildman–Crippen MR) is 125 cm³/mol. The van der Waals surface area contributed by atoms with Crippen LogP contribution in [-0.2, 0) is 12.1 Å². The highest BCUT2D eigenvalue weighted by Gasteiger charge is 2.45. The molecule has 1 aliphatic rings. The molecule has 1 aliphatic carbocycles. The molecular formula is C27H35ClN2O3. The van der Waals surface area contributed by atoms with Gasteiger partial charge in [-0.2, -0.15) is 0 Å². The molecule has 0 radical (unpaired) electrons. The zero-order valence-corrected chi connectivity index (χ0v) is 20.6. The van der Waals surface area contributed by atoms with Gasteiger partial charge in [-0.1, -0.05) is 60.9 Å². The Balaban J connectivity index is 0.00000306. The summed E-state index contributed by atoms with van der Waals surface area (Å²) >= 11 is 0. The van der Waals surface area contributed by atoms with Gasteiger partial charge in [0.05, 0.1) is 20.3 Å². The molecule has 1 unspecified atom stereocenters. The van der Waals surface area contributed by atoms with Gasteiger partial charge in [0, 0.05) is 5.92 Å². The second-order valence-electron chi connectivity index (χ2n) is 9.72. The smallest absolute Gasteiger partial charge is 0.231 e. The summed E-state index contributed by atoms with van der Waals surface area (Å²) in [6.07, 6.45) is 6.03. The summed E-state index contributed by atoms with van der Waals surface area (Å²) in [4.78, 5) is 4.57. The highest BCUT2D eigenvalue weighted by Crippen LogP contribution is 2.44. The number of rotatable bonds is 9. The number of oxazole rings is 1. The Morgan fingerprint density at radius 1 is 1.06 bits per heavy atom. The van der Waals surface area contributed by atoms with Crippen LogP contribution < -0.4 is 17.1 Å². The first-order valence-electron chi connectivity index (χ1n) is 11.6. The molecule has 1 N–H and O–H groups in total. The molecule has 0 spiro atoms. The van der Waals surface area contributed by atoms with Crippen molar-refractivity contribution in [2.24, 2.45) is 5.92 Å². The average molecular weight is 471 g/mol. The van der Waals surface area contributed by atoms with Crippen LogP contribution in [0, 0.1) is 12.8 Å². The van der Waals surface area contributed by atoms with Crippen LogP contribution in [0.1, 0.15) is 48.5 Å². The predicted octanol–water partition coefficient (Wildman–Crippen LogP) is 2.07. The standard InChI is InChI=1S/C27H35N2O3.ClH/c1-21-13-15-24(16-14-21)31-18-17-29(2,3)20-25-19-28-26(32-25)27(30,23-11-7-8-12-23)22-9-5-4-6-10-22;/h4-6,9-10,13-16,19,23,30H,7-8,11-12,17-18,20H2,1-3H3;1H/q+1;/p-1. The van der Waals surface area contributed by atoms with Crippen molar-refractivity contribution in [1.29, 1.82) is 0 Å². The van der Waals surface area contributed by atoms with Crippen molar-refractivity contribution in [3.63, 3.8) is 0 Å². The van der Waals surface area contributed by atoms with E-state index in [4.69, 9.17) is 9.15 Å². The molecule has 1 atom stereocenters. The largest absolute Gasteiger partial charge is 1.00 e. The van der Waals surface area contributed by atoms with Gasteiger partial charge in [0.1, 0.15) is 25.4 Å². The van der Waals surface area contributed by atoms with E-state index in [0.717, 1.165) is 49.3 Å². The third-order valence-electron chi connectivity index (χ3n) is 6.61. The molecule has 0 bridgehead atoms. The number of aryl methyl sites for hydroxylation is 1. The second kappa shape index (κ2) is 10.7. The van der Waals surface area contributed by atoms with E-state index in [9.17, 15) is 5.11 Å². The normalized spacial score (nSPS) is 16.2. The van der Waals surface area contributed by atoms with Crippen LogP contribution in [0.4, 0.5) is 0 Å². The lowest BCUT2D eigenvalue weighted by Gasteiger charge is -2.32. The Morgan fingerprint density at radius 2 is 1.73 bits per heavy atom. The second-order valence-corrected chi connectivity index (χ2v) is 9.72. The van der Waals surface area contributed by atoms with E-state index < -0.39 is 5.60 Å². The first-order chi connectivity index (χ1) is 15.4. The molecule has 0 amide bonds. The lowest BCUT2D eigenvalue weighted by atomic mass is 9.80. The number of nitrogens with zero attached hydrogens (tertiary/aromatic N) is 2. The molecule has 4 rings (SSSR count). The number of aromatic nitrogens is 1. The SMILES string of the molecule is Cc1ccc(OCC[N+](C)(C)Cc2cnc(C(O)(c3ccccc3)C3CCCC3)o2)cc1.[Cl-]. The lowest BCUT2D eigenvalue weighted by Crippen LogP contribution is -3.00. The van der Waals surface area contributed by atoms with Crippen molar-refractivity contribution in [3.05, 3.63) is 83.6 Å². The van der Waals surface area contributed by atoms with Crippen molar-refractivity contribution in [3.8, 4) is 5.75 Å². The van der Waals surface area contributed by atoms with Gasteiger partial charge in [0.2, 0.25) is 5.89 Å². The van der Waals surface area contributed by atoms with Crippen LogP contribution in [0.15, 0.2) is 65.2 Å². The van der Waals surface area contributed by atoms with E-state index in [0.29, 0.717) is 23.5 Å². The summed E-state index contributed by atoms with van der Waals surface area (Å²) in [5.74, 6) is 2.22. The molecule has 3 aromatic rings. The van der Waals surface area contributed by atoms with E-state index in [2.05, 4.69) is 38.1 Å². The molecule has 1 heterocycles. The van der Waals surface area contributed by atoms with Gasteiger partial charge in [-0.3, -0.25) is 0 Å². The third-order valence-corrected chi connectivity index (χ3v) is 6.61. The zero-order chi connectivity index (χ0) is 22.6. The van der Waals surface area contributed by atoms with E-state index in [-0.39, 0.29) is 18.3 Å². The fourth-order valence-corrected chi connectivity index (χ4v) is 4.67. The molecule has 6 heteroatoms. The fourth-order valence-electron chi connectivity index (χ4n) is 4.67. The molecular weight excluding hydrogens is 436 g/mol. The molecule has 1 aromatic heterocycles. The molecule has 33 heavy (non-hydrogen) atoms. The van der Waals surface area contributed by atoms with E-state index >= 15 is 0 Å². The summed E-state index contributed by atoms with van der Waals surface area (Å²) in [6.45, 7) is 4.20. The van der Waals surface area contributed by atoms with Gasteiger partial charge in [-0.15, -0.1) is 0 Å². The minimum absolute atomic E-state index is 0. The van der Waals surface area contributed by atoms with Crippen molar-refractivity contribution in [1.82, 2.24) is 4.98 Å². The molecule has 0 aliphatic heterocycles. The number of halogens is 1. The van der Waals surface area contributed by atoms with Crippen LogP contribution in [0.2, 0.25) is 0 Å². The van der Waals surface area contributed by atoms with Crippen LogP contribution in [0.25, 0.3) is 0 Å². The molecule has 1 fully saturated rings. The number of hydrogen-bond donors (Lipinski definition) is 1. The van der Waals surface area contributed by atoms with Gasteiger partial charge in [-0.05, 0) is 37.5 Å². The van der Waals surface area contributed by atoms with Crippen molar-refractivity contribution in [2.75, 3.05) is 27.2 Å². The van der Waals surface area contributed by atoms with Gasteiger partial charge in [0.25, 0.3) is 0 Å². The lowest BCUT2D eigenvalue weighted by molar-refractivity contribution is -0.904. The maximum absolute atomic E-state index is 11.9. The Bertz CT molecular complexity index is 998. The van der Waals surface area contributed by atoms with E-state index in [1.165, 1.54) is 5.56 Å². The third kappa shape index (κ3) is 5.97. The first-order valence-corrected chi connectivity index (χ1v) is 11.6. The topological polar surface area (TPSA) is 55.5 Å². The summed E-state index contributed by atoms with van der Waals surface area (Å²) in [6, 6.07) is 18.0. The Kier molecular flexibility index (Phi) is 8.22. The first kappa shape index (κ1) is 25.3. The molecule has 1 saturated carbocycles. The molecule has 2 aromatic carbocycles. The molecule has 178 valence electrons. The van der Waals surface area contributed by atoms with Crippen molar-refractivity contribution < 1.29 is 31.2 Å². The number of ether oxygens (including phenoxy) is 1. The molecule has 0 saturated heterocycles. The fraction of sp³-hybridized carbons (Fsp3) is 0.444. The van der Waals surface area contributed by atoms with Gasteiger partial charge in [-0.25, -0.2) is 4.98 Å². The highest BCUT2D eigenvalue weighted by atomic mass is 35.5. The number of benzene rings is 2. The number of quaternary nitrogens is 1. The van der Waals surface area contributed by atoms with Crippen molar-refractivity contribution in [2.45, 2.75) is 44.8 Å². The van der Waals surface area contributed by atoms with Gasteiger partial charge >= 0.3 is 0 Å². The number of hydrogen-bond acceptors (Lipinski definition) is 4. The summed E-state index contributed by atoms with van der Waals surface area (Å²) < 4.78 is 12.8. The van der Waals surface area contributed by atoms with E-state index in [1.807, 2.05) is 42.5 Å². The number of likely N-dealkylation sites (N-methyl/N-ethyl adjacent to an activating group) is 1.